The van der Waals surface area contributed by atoms with Gasteiger partial charge in [-0.15, -0.1) is 0 Å². The van der Waals surface area contributed by atoms with Crippen LogP contribution in [0, 0.1) is 0 Å². The average Bonchev–Trinajstić information content (AvgIpc) is 2.59. The molecule has 0 fully saturated rings. The summed E-state index contributed by atoms with van der Waals surface area (Å²) in [5, 5.41) is 9.27. The molecule has 5 heteroatoms. The minimum Gasteiger partial charge on any atom is -0.423 e. The molecule has 1 unspecified atom stereocenters. The third kappa shape index (κ3) is 2.09. The second-order valence-corrected chi connectivity index (χ2v) is 3.95. The molecule has 0 aliphatic carbocycles. The highest BCUT2D eigenvalue weighted by Crippen LogP contribution is 2.22. The van der Waals surface area contributed by atoms with Gasteiger partial charge in [-0.05, 0) is 19.1 Å². The number of nitrogens with zero attached hydrogens (tertiary/aromatic N) is 2. The molecule has 0 spiro atoms. The number of aliphatic hydroxyl groups excluding tert-OH is 1. The topological polar surface area (TPSA) is 75.5 Å². The normalized spacial score (nSPS) is 12.9. The number of rotatable bonds is 3. The molecule has 1 heterocycles. The van der Waals surface area contributed by atoms with Gasteiger partial charge < -0.3 is 20.2 Å². The fourth-order valence-electron chi connectivity index (χ4n) is 1.57. The lowest BCUT2D eigenvalue weighted by molar-refractivity contribution is 0.200. The third-order valence-corrected chi connectivity index (χ3v) is 2.27. The van der Waals surface area contributed by atoms with Crippen molar-refractivity contribution in [2.75, 3.05) is 24.2 Å². The summed E-state index contributed by atoms with van der Waals surface area (Å²) in [5.74, 6) is 0. The van der Waals surface area contributed by atoms with Crippen LogP contribution in [0.1, 0.15) is 6.92 Å². The third-order valence-electron chi connectivity index (χ3n) is 2.27. The Kier molecular flexibility index (Phi) is 2.70. The number of nitrogen functional groups attached to an aromatic ring is 1. The first-order chi connectivity index (χ1) is 7.56. The molecule has 0 saturated carbocycles. The Hall–Kier alpha value is -1.75. The van der Waals surface area contributed by atoms with Gasteiger partial charge in [0.25, 0.3) is 6.01 Å². The maximum atomic E-state index is 9.27. The van der Waals surface area contributed by atoms with E-state index in [-0.39, 0.29) is 0 Å². The van der Waals surface area contributed by atoms with Gasteiger partial charge in [0.15, 0.2) is 5.58 Å². The zero-order valence-corrected chi connectivity index (χ0v) is 9.34. The van der Waals surface area contributed by atoms with Crippen LogP contribution in [-0.2, 0) is 0 Å². The van der Waals surface area contributed by atoms with Crippen LogP contribution in [0.2, 0.25) is 0 Å². The monoisotopic (exact) mass is 221 g/mol. The van der Waals surface area contributed by atoms with Gasteiger partial charge in [0, 0.05) is 25.3 Å². The van der Waals surface area contributed by atoms with E-state index in [1.807, 2.05) is 13.1 Å². The van der Waals surface area contributed by atoms with Crippen molar-refractivity contribution in [1.82, 2.24) is 4.98 Å². The van der Waals surface area contributed by atoms with Crippen LogP contribution >= 0.6 is 0 Å². The lowest BCUT2D eigenvalue weighted by atomic mass is 10.3. The van der Waals surface area contributed by atoms with Gasteiger partial charge in [-0.3, -0.25) is 0 Å². The molecule has 86 valence electrons. The van der Waals surface area contributed by atoms with Gasteiger partial charge in [0.1, 0.15) is 5.52 Å². The summed E-state index contributed by atoms with van der Waals surface area (Å²) in [5.41, 5.74) is 7.72. The summed E-state index contributed by atoms with van der Waals surface area (Å²) in [6, 6.07) is 5.82. The van der Waals surface area contributed by atoms with Crippen molar-refractivity contribution in [3.8, 4) is 0 Å². The van der Waals surface area contributed by atoms with Crippen molar-refractivity contribution in [1.29, 1.82) is 0 Å². The zero-order chi connectivity index (χ0) is 11.7. The molecule has 2 aromatic rings. The van der Waals surface area contributed by atoms with E-state index in [1.54, 1.807) is 24.0 Å². The summed E-state index contributed by atoms with van der Waals surface area (Å²) in [6.07, 6.45) is -0.426. The van der Waals surface area contributed by atoms with Gasteiger partial charge in [-0.2, -0.15) is 4.98 Å². The van der Waals surface area contributed by atoms with Gasteiger partial charge >= 0.3 is 0 Å². The molecule has 5 nitrogen and oxygen atoms in total. The fraction of sp³-hybridized carbons (Fsp3) is 0.364. The van der Waals surface area contributed by atoms with Crippen molar-refractivity contribution in [2.45, 2.75) is 13.0 Å². The maximum Gasteiger partial charge on any atom is 0.298 e. The molecule has 0 aliphatic heterocycles. The molecule has 0 amide bonds. The first kappa shape index (κ1) is 10.8. The van der Waals surface area contributed by atoms with Crippen LogP contribution in [-0.4, -0.2) is 29.8 Å². The van der Waals surface area contributed by atoms with Crippen LogP contribution in [0.25, 0.3) is 11.1 Å². The van der Waals surface area contributed by atoms with E-state index < -0.39 is 6.10 Å². The van der Waals surface area contributed by atoms with Crippen LogP contribution in [0.15, 0.2) is 22.6 Å². The summed E-state index contributed by atoms with van der Waals surface area (Å²) >= 11 is 0. The maximum absolute atomic E-state index is 9.27. The van der Waals surface area contributed by atoms with Crippen LogP contribution in [0.4, 0.5) is 11.7 Å². The molecule has 16 heavy (non-hydrogen) atoms. The molecule has 1 aromatic carbocycles. The minimum absolute atomic E-state index is 0.426. The SMILES string of the molecule is CC(O)CN(C)c1nc2ccc(N)cc2o1. The Bertz CT molecular complexity index is 493. The average molecular weight is 221 g/mol. The van der Waals surface area contributed by atoms with Gasteiger partial charge in [0.05, 0.1) is 6.10 Å². The van der Waals surface area contributed by atoms with Crippen molar-refractivity contribution in [2.24, 2.45) is 0 Å². The van der Waals surface area contributed by atoms with Crippen molar-refractivity contribution < 1.29 is 9.52 Å². The Morgan fingerprint density at radius 2 is 2.31 bits per heavy atom. The lowest BCUT2D eigenvalue weighted by Crippen LogP contribution is -2.26. The summed E-state index contributed by atoms with van der Waals surface area (Å²) in [7, 11) is 1.82. The second-order valence-electron chi connectivity index (χ2n) is 3.95. The highest BCUT2D eigenvalue weighted by molar-refractivity contribution is 5.78. The number of aromatic nitrogens is 1. The summed E-state index contributed by atoms with van der Waals surface area (Å²) < 4.78 is 5.54. The molecule has 0 radical (unpaired) electrons. The van der Waals surface area contributed by atoms with Crippen LogP contribution in [0.5, 0.6) is 0 Å². The van der Waals surface area contributed by atoms with Crippen LogP contribution < -0.4 is 10.6 Å². The zero-order valence-electron chi connectivity index (χ0n) is 9.34. The predicted molar refractivity (Wildman–Crippen MR) is 63.4 cm³/mol. The summed E-state index contributed by atoms with van der Waals surface area (Å²) in [4.78, 5) is 6.06. The Morgan fingerprint density at radius 3 is 3.00 bits per heavy atom. The van der Waals surface area contributed by atoms with Gasteiger partial charge in [-0.25, -0.2) is 0 Å². The number of hydrogen-bond donors (Lipinski definition) is 2. The number of hydrogen-bond acceptors (Lipinski definition) is 5. The van der Waals surface area contributed by atoms with Crippen molar-refractivity contribution in [3.63, 3.8) is 0 Å². The molecule has 1 atom stereocenters. The molecule has 1 aromatic heterocycles. The molecular formula is C11H15N3O2. The minimum atomic E-state index is -0.426. The number of benzene rings is 1. The molecular weight excluding hydrogens is 206 g/mol. The smallest absolute Gasteiger partial charge is 0.298 e. The van der Waals surface area contributed by atoms with E-state index in [1.165, 1.54) is 0 Å². The second kappa shape index (κ2) is 4.02. The van der Waals surface area contributed by atoms with Crippen molar-refractivity contribution >= 4 is 22.8 Å². The fourth-order valence-corrected chi connectivity index (χ4v) is 1.57. The largest absolute Gasteiger partial charge is 0.423 e. The van der Waals surface area contributed by atoms with Gasteiger partial charge in [-0.1, -0.05) is 0 Å². The van der Waals surface area contributed by atoms with E-state index >= 15 is 0 Å². The number of anilines is 2. The standard InChI is InChI=1S/C11H15N3O2/c1-7(15)6-14(2)11-13-9-4-3-8(12)5-10(9)16-11/h3-5,7,15H,6,12H2,1-2H3. The highest BCUT2D eigenvalue weighted by atomic mass is 16.4. The van der Waals surface area contributed by atoms with Crippen molar-refractivity contribution in [3.05, 3.63) is 18.2 Å². The van der Waals surface area contributed by atoms with E-state index in [2.05, 4.69) is 4.98 Å². The molecule has 0 bridgehead atoms. The number of likely N-dealkylation sites (N-methyl/N-ethyl adjacent to an activating group) is 1. The van der Waals surface area contributed by atoms with E-state index in [0.717, 1.165) is 5.52 Å². The quantitative estimate of drug-likeness (QED) is 0.762. The van der Waals surface area contributed by atoms with Gasteiger partial charge in [0.2, 0.25) is 0 Å². The Morgan fingerprint density at radius 1 is 1.56 bits per heavy atom. The van der Waals surface area contributed by atoms with E-state index in [4.69, 9.17) is 10.2 Å². The van der Waals surface area contributed by atoms with Crippen LogP contribution in [0.3, 0.4) is 0 Å². The molecule has 3 N–H and O–H groups in total. The number of nitrogens with two attached hydrogens (primary N) is 1. The molecule has 0 aliphatic rings. The lowest BCUT2D eigenvalue weighted by Gasteiger charge is -2.15. The Labute approximate surface area is 93.5 Å². The number of aliphatic hydroxyl groups is 1. The molecule has 0 saturated heterocycles. The highest BCUT2D eigenvalue weighted by Gasteiger charge is 2.11. The number of oxazole rings is 1. The first-order valence-electron chi connectivity index (χ1n) is 5.11. The van der Waals surface area contributed by atoms with E-state index in [0.29, 0.717) is 23.8 Å². The predicted octanol–water partition coefficient (Wildman–Crippen LogP) is 1.23. The Balaban J connectivity index is 2.32. The van der Waals surface area contributed by atoms with E-state index in [9.17, 15) is 5.11 Å². The first-order valence-corrected chi connectivity index (χ1v) is 5.11. The number of fused-ring (bicyclic) bond motifs is 1. The molecule has 2 rings (SSSR count). The summed E-state index contributed by atoms with van der Waals surface area (Å²) in [6.45, 7) is 2.19.